The average molecular weight is 436 g/mol. The molecule has 0 bridgehead atoms. The first kappa shape index (κ1) is 21.0. The van der Waals surface area contributed by atoms with Crippen molar-refractivity contribution < 1.29 is 17.5 Å². The highest BCUT2D eigenvalue weighted by Crippen LogP contribution is 2.25. The van der Waals surface area contributed by atoms with E-state index < -0.39 is 15.8 Å². The van der Waals surface area contributed by atoms with Crippen LogP contribution in [-0.2, 0) is 14.8 Å². The Labute approximate surface area is 176 Å². The minimum absolute atomic E-state index is 0.157. The van der Waals surface area contributed by atoms with Gasteiger partial charge in [0.2, 0.25) is 10.0 Å². The molecule has 0 N–H and O–H groups in total. The van der Waals surface area contributed by atoms with Crippen LogP contribution in [0.3, 0.4) is 0 Å². The Morgan fingerprint density at radius 3 is 2.10 bits per heavy atom. The van der Waals surface area contributed by atoms with Gasteiger partial charge < -0.3 is 14.5 Å². The van der Waals surface area contributed by atoms with Gasteiger partial charge in [-0.15, -0.1) is 0 Å². The predicted molar refractivity (Wildman–Crippen MR) is 112 cm³/mol. The summed E-state index contributed by atoms with van der Waals surface area (Å²) in [7, 11) is -3.66. The molecular formula is C20H26FN5O3S. The van der Waals surface area contributed by atoms with Crippen LogP contribution in [0.4, 0.5) is 16.0 Å². The van der Waals surface area contributed by atoms with Crippen LogP contribution < -0.4 is 9.80 Å². The van der Waals surface area contributed by atoms with E-state index in [-0.39, 0.29) is 4.90 Å². The van der Waals surface area contributed by atoms with E-state index in [0.29, 0.717) is 50.8 Å². The maximum Gasteiger partial charge on any atom is 0.243 e. The number of aromatic nitrogens is 2. The van der Waals surface area contributed by atoms with Gasteiger partial charge in [-0.1, -0.05) is 0 Å². The number of sulfonamides is 1. The summed E-state index contributed by atoms with van der Waals surface area (Å²) in [4.78, 5) is 13.6. The van der Waals surface area contributed by atoms with Crippen molar-refractivity contribution >= 4 is 21.7 Å². The number of piperazine rings is 1. The van der Waals surface area contributed by atoms with Crippen LogP contribution in [0.15, 0.2) is 29.2 Å². The van der Waals surface area contributed by atoms with Gasteiger partial charge in [0.1, 0.15) is 23.3 Å². The average Bonchev–Trinajstić information content (AvgIpc) is 2.74. The minimum atomic E-state index is -3.66. The third-order valence-corrected chi connectivity index (χ3v) is 7.52. The highest BCUT2D eigenvalue weighted by Gasteiger charge is 2.30. The summed E-state index contributed by atoms with van der Waals surface area (Å²) in [6.45, 7) is 8.16. The zero-order valence-electron chi connectivity index (χ0n) is 17.2. The molecule has 3 heterocycles. The first-order valence-electron chi connectivity index (χ1n) is 10.0. The van der Waals surface area contributed by atoms with Crippen molar-refractivity contribution in [3.63, 3.8) is 0 Å². The molecule has 0 aliphatic carbocycles. The van der Waals surface area contributed by atoms with E-state index in [1.807, 2.05) is 13.0 Å². The third-order valence-electron chi connectivity index (χ3n) is 5.46. The number of aryl methyl sites for hydroxylation is 2. The lowest BCUT2D eigenvalue weighted by Gasteiger charge is -2.35. The summed E-state index contributed by atoms with van der Waals surface area (Å²) >= 11 is 0. The van der Waals surface area contributed by atoms with Crippen molar-refractivity contribution in [3.05, 3.63) is 41.5 Å². The number of hydrogen-bond acceptors (Lipinski definition) is 7. The smallest absolute Gasteiger partial charge is 0.243 e. The van der Waals surface area contributed by atoms with Crippen LogP contribution in [0.2, 0.25) is 0 Å². The van der Waals surface area contributed by atoms with Crippen LogP contribution in [-0.4, -0.2) is 75.2 Å². The van der Waals surface area contributed by atoms with E-state index in [1.165, 1.54) is 22.5 Å². The Balaban J connectivity index is 1.48. The maximum absolute atomic E-state index is 13.4. The van der Waals surface area contributed by atoms with Gasteiger partial charge in [-0.25, -0.2) is 22.8 Å². The number of benzene rings is 1. The molecule has 8 nitrogen and oxygen atoms in total. The van der Waals surface area contributed by atoms with Crippen LogP contribution in [0.25, 0.3) is 0 Å². The van der Waals surface area contributed by atoms with Gasteiger partial charge in [-0.05, 0) is 37.6 Å². The number of morpholine rings is 1. The molecule has 0 unspecified atom stereocenters. The van der Waals surface area contributed by atoms with Crippen LogP contribution in [0.5, 0.6) is 0 Å². The van der Waals surface area contributed by atoms with Gasteiger partial charge >= 0.3 is 0 Å². The van der Waals surface area contributed by atoms with E-state index in [0.717, 1.165) is 24.7 Å². The molecule has 2 aliphatic heterocycles. The van der Waals surface area contributed by atoms with Gasteiger partial charge in [0.15, 0.2) is 0 Å². The highest BCUT2D eigenvalue weighted by atomic mass is 32.2. The number of anilines is 2. The van der Waals surface area contributed by atoms with E-state index in [9.17, 15) is 12.8 Å². The molecular weight excluding hydrogens is 409 g/mol. The number of nitrogens with zero attached hydrogens (tertiary/aromatic N) is 5. The summed E-state index contributed by atoms with van der Waals surface area (Å²) < 4.78 is 46.3. The van der Waals surface area contributed by atoms with Crippen molar-refractivity contribution in [2.24, 2.45) is 0 Å². The maximum atomic E-state index is 13.4. The molecule has 0 radical (unpaired) electrons. The number of ether oxygens (including phenoxy) is 1. The summed E-state index contributed by atoms with van der Waals surface area (Å²) in [5.74, 6) is 1.93. The molecule has 30 heavy (non-hydrogen) atoms. The Kier molecular flexibility index (Phi) is 5.90. The van der Waals surface area contributed by atoms with Crippen LogP contribution >= 0.6 is 0 Å². The largest absolute Gasteiger partial charge is 0.378 e. The standard InChI is InChI=1S/C20H26FN5O3S/c1-15-13-17(21)3-4-18(15)30(27,28)26-7-5-24(6-8-26)19-14-20(23-16(2)22-19)25-9-11-29-12-10-25/h3-4,13-14H,5-12H2,1-2H3. The van der Waals surface area contributed by atoms with Crippen LogP contribution in [0.1, 0.15) is 11.4 Å². The number of halogens is 1. The van der Waals surface area contributed by atoms with Crippen molar-refractivity contribution in [1.82, 2.24) is 14.3 Å². The van der Waals surface area contributed by atoms with Gasteiger partial charge in [-0.2, -0.15) is 4.31 Å². The number of rotatable bonds is 4. The van der Waals surface area contributed by atoms with E-state index in [4.69, 9.17) is 4.74 Å². The molecule has 4 rings (SSSR count). The topological polar surface area (TPSA) is 78.9 Å². The van der Waals surface area contributed by atoms with Crippen molar-refractivity contribution in [3.8, 4) is 0 Å². The molecule has 2 aromatic rings. The molecule has 0 amide bonds. The summed E-state index contributed by atoms with van der Waals surface area (Å²) in [6, 6.07) is 5.74. The second kappa shape index (κ2) is 8.44. The molecule has 2 fully saturated rings. The second-order valence-corrected chi connectivity index (χ2v) is 9.44. The Morgan fingerprint density at radius 2 is 1.50 bits per heavy atom. The Hall–Kier alpha value is -2.30. The molecule has 10 heteroatoms. The fourth-order valence-electron chi connectivity index (χ4n) is 3.85. The molecule has 0 spiro atoms. The quantitative estimate of drug-likeness (QED) is 0.722. The molecule has 1 aromatic carbocycles. The van der Waals surface area contributed by atoms with Gasteiger partial charge in [0.05, 0.1) is 18.1 Å². The third kappa shape index (κ3) is 4.26. The van der Waals surface area contributed by atoms with E-state index >= 15 is 0 Å². The molecule has 2 aliphatic rings. The molecule has 2 saturated heterocycles. The molecule has 162 valence electrons. The summed E-state index contributed by atoms with van der Waals surface area (Å²) in [6.07, 6.45) is 0. The summed E-state index contributed by atoms with van der Waals surface area (Å²) in [5.41, 5.74) is 0.416. The highest BCUT2D eigenvalue weighted by molar-refractivity contribution is 7.89. The molecule has 0 atom stereocenters. The minimum Gasteiger partial charge on any atom is -0.378 e. The zero-order valence-corrected chi connectivity index (χ0v) is 18.0. The van der Waals surface area contributed by atoms with Gasteiger partial charge in [0.25, 0.3) is 0 Å². The van der Waals surface area contributed by atoms with E-state index in [2.05, 4.69) is 19.8 Å². The summed E-state index contributed by atoms with van der Waals surface area (Å²) in [5, 5.41) is 0. The van der Waals surface area contributed by atoms with E-state index in [1.54, 1.807) is 6.92 Å². The number of hydrogen-bond donors (Lipinski definition) is 0. The predicted octanol–water partition coefficient (Wildman–Crippen LogP) is 1.58. The first-order valence-corrected chi connectivity index (χ1v) is 11.5. The van der Waals surface area contributed by atoms with Gasteiger partial charge in [0, 0.05) is 45.3 Å². The normalized spacial score (nSPS) is 18.6. The molecule has 0 saturated carbocycles. The fraction of sp³-hybridized carbons (Fsp3) is 0.500. The van der Waals surface area contributed by atoms with Crippen molar-refractivity contribution in [1.29, 1.82) is 0 Å². The van der Waals surface area contributed by atoms with Crippen LogP contribution in [0, 0.1) is 19.7 Å². The lowest BCUT2D eigenvalue weighted by atomic mass is 10.2. The van der Waals surface area contributed by atoms with Crippen molar-refractivity contribution in [2.45, 2.75) is 18.7 Å². The fourth-order valence-corrected chi connectivity index (χ4v) is 5.48. The second-order valence-electron chi connectivity index (χ2n) is 7.53. The van der Waals surface area contributed by atoms with Crippen molar-refractivity contribution in [2.75, 3.05) is 62.3 Å². The Morgan fingerprint density at radius 1 is 0.900 bits per heavy atom. The zero-order chi connectivity index (χ0) is 21.3. The van der Waals surface area contributed by atoms with Gasteiger partial charge in [-0.3, -0.25) is 0 Å². The SMILES string of the molecule is Cc1nc(N2CCOCC2)cc(N2CCN(S(=O)(=O)c3ccc(F)cc3C)CC2)n1. The Bertz CT molecular complexity index is 1020. The molecule has 1 aromatic heterocycles. The first-order chi connectivity index (χ1) is 14.3. The lowest BCUT2D eigenvalue weighted by Crippen LogP contribution is -2.49. The lowest BCUT2D eigenvalue weighted by molar-refractivity contribution is 0.122. The monoisotopic (exact) mass is 435 g/mol.